The number of carbonyl (C=O) groups is 2. The number of allylic oxidation sites excluding steroid dienone is 1. The Morgan fingerprint density at radius 1 is 0.806 bits per heavy atom. The van der Waals surface area contributed by atoms with Gasteiger partial charge >= 0.3 is 0 Å². The topological polar surface area (TPSA) is 251 Å². The monoisotopic (exact) mass is 876 g/mol. The van der Waals surface area contributed by atoms with Crippen molar-refractivity contribution in [2.24, 2.45) is 15.6 Å². The molecule has 1 unspecified atom stereocenters. The van der Waals surface area contributed by atoms with Crippen molar-refractivity contribution in [2.45, 2.75) is 46.2 Å². The fourth-order valence-corrected chi connectivity index (χ4v) is 5.83. The number of carbonyl (C=O) groups excluding carboxylic acids is 2. The molecule has 0 aliphatic heterocycles. The number of hydrogen-bond donors (Lipinski definition) is 2. The van der Waals surface area contributed by atoms with E-state index in [-0.39, 0.29) is 25.4 Å². The number of aryl methyl sites for hydroxylation is 1. The highest BCUT2D eigenvalue weighted by atomic mass is 16.6. The van der Waals surface area contributed by atoms with E-state index in [1.54, 1.807) is 18.5 Å². The maximum atomic E-state index is 13.7. The van der Waals surface area contributed by atoms with Crippen LogP contribution in [0.25, 0.3) is 31.8 Å². The lowest BCUT2D eigenvalue weighted by Crippen LogP contribution is -2.56. The molecule has 2 N–H and O–H groups in total. The summed E-state index contributed by atoms with van der Waals surface area (Å²) in [6.45, 7) is 19.5. The number of para-hydroxylation sites is 1. The Kier molecular flexibility index (Phi) is 30.5. The summed E-state index contributed by atoms with van der Waals surface area (Å²) >= 11 is 0. The molecule has 0 fully saturated rings. The molecule has 0 bridgehead atoms. The van der Waals surface area contributed by atoms with Crippen LogP contribution < -0.4 is 10.6 Å². The predicted molar refractivity (Wildman–Crippen MR) is 234 cm³/mol. The van der Waals surface area contributed by atoms with Crippen molar-refractivity contribution in [3.63, 3.8) is 0 Å². The maximum absolute atomic E-state index is 13.7. The van der Waals surface area contributed by atoms with Crippen LogP contribution in [0.1, 0.15) is 44.1 Å². The van der Waals surface area contributed by atoms with Crippen LogP contribution in [-0.4, -0.2) is 178 Å². The number of amides is 2. The molecule has 0 aliphatic rings. The summed E-state index contributed by atoms with van der Waals surface area (Å²) in [5, 5.41) is 18.1. The van der Waals surface area contributed by atoms with Crippen LogP contribution in [0, 0.1) is 5.41 Å². The van der Waals surface area contributed by atoms with Crippen molar-refractivity contribution >= 4 is 22.7 Å². The normalized spacial score (nSPS) is 11.9. The van der Waals surface area contributed by atoms with Gasteiger partial charge in [0.2, 0.25) is 5.91 Å². The van der Waals surface area contributed by atoms with Gasteiger partial charge < -0.3 is 48.5 Å². The Balaban J connectivity index is 1.77. The van der Waals surface area contributed by atoms with E-state index < -0.39 is 23.3 Å². The predicted octanol–water partition coefficient (Wildman–Crippen LogP) is 4.32. The van der Waals surface area contributed by atoms with Gasteiger partial charge in [0, 0.05) is 67.6 Å². The van der Waals surface area contributed by atoms with Crippen LogP contribution in [0.4, 0.5) is 0 Å². The molecule has 0 saturated carbocycles. The zero-order valence-corrected chi connectivity index (χ0v) is 37.0. The van der Waals surface area contributed by atoms with Crippen molar-refractivity contribution < 1.29 is 47.5 Å². The van der Waals surface area contributed by atoms with Crippen molar-refractivity contribution in [2.75, 3.05) is 145 Å². The van der Waals surface area contributed by atoms with Gasteiger partial charge in [0.1, 0.15) is 6.04 Å². The molecule has 1 aromatic heterocycles. The van der Waals surface area contributed by atoms with Crippen LogP contribution in [-0.2, 0) is 49.2 Å². The fourth-order valence-electron chi connectivity index (χ4n) is 5.83. The van der Waals surface area contributed by atoms with E-state index in [4.69, 9.17) is 49.0 Å². The lowest BCUT2D eigenvalue weighted by Gasteiger charge is -2.32. The van der Waals surface area contributed by atoms with E-state index in [1.807, 2.05) is 37.3 Å². The summed E-state index contributed by atoms with van der Waals surface area (Å²) in [6.07, 6.45) is 3.46. The average Bonchev–Trinajstić information content (AvgIpc) is 3.64. The number of nitrogens with zero attached hydrogens (tertiary/aromatic N) is 9. The van der Waals surface area contributed by atoms with E-state index in [2.05, 4.69) is 47.3 Å². The second-order valence-electron chi connectivity index (χ2n) is 14.4. The minimum Gasteiger partial charge on any atom is -0.379 e. The summed E-state index contributed by atoms with van der Waals surface area (Å²) in [4.78, 5) is 35.0. The molecule has 2 amide bonds. The minimum atomic E-state index is -1.03. The zero-order chi connectivity index (χ0) is 44.9. The molecular weight excluding hydrogens is 807 g/mol. The van der Waals surface area contributed by atoms with Crippen LogP contribution >= 0.6 is 0 Å². The van der Waals surface area contributed by atoms with Crippen molar-refractivity contribution in [3.05, 3.63) is 63.5 Å². The molecule has 21 heteroatoms. The van der Waals surface area contributed by atoms with Gasteiger partial charge in [-0.3, -0.25) is 19.2 Å². The van der Waals surface area contributed by atoms with Gasteiger partial charge in [0.05, 0.1) is 105 Å². The van der Waals surface area contributed by atoms with Crippen LogP contribution in [0.15, 0.2) is 47.1 Å². The molecule has 1 heterocycles. The van der Waals surface area contributed by atoms with E-state index >= 15 is 0 Å². The average molecular weight is 876 g/mol. The number of hydrogen-bond acceptors (Lipinski definition) is 14. The first kappa shape index (κ1) is 53.8. The summed E-state index contributed by atoms with van der Waals surface area (Å²) in [5.41, 5.74) is 17.4. The van der Waals surface area contributed by atoms with Gasteiger partial charge in [-0.2, -0.15) is 5.10 Å². The van der Waals surface area contributed by atoms with Crippen molar-refractivity contribution in [1.29, 1.82) is 0 Å². The molecule has 0 radical (unpaired) electrons. The zero-order valence-electron chi connectivity index (χ0n) is 37.0. The molecule has 0 saturated heterocycles. The Morgan fingerprint density at radius 3 is 1.90 bits per heavy atom. The minimum absolute atomic E-state index is 0.0245. The second-order valence-corrected chi connectivity index (χ2v) is 14.4. The molecule has 2 aromatic rings. The van der Waals surface area contributed by atoms with Crippen molar-refractivity contribution in [3.8, 4) is 0 Å². The molecule has 1 atom stereocenters. The van der Waals surface area contributed by atoms with Gasteiger partial charge in [-0.15, -0.1) is 6.58 Å². The lowest BCUT2D eigenvalue weighted by atomic mass is 9.83. The van der Waals surface area contributed by atoms with Crippen LogP contribution in [0.2, 0.25) is 0 Å². The standard InChI is InChI=1S/C41H69N11O10/c1-5-7-10-15-52-36-12-9-8-11-35(36)37(48-52)39(53)47-38(41(3,4)34-46-50-43)40(54)44-13-19-56-26-28-58-21-16-51(17-22-59-29-32-61-25-24-55-6-2)18-23-60-30-33-62-31-27-57-20-14-45-49-42/h5,8-9,11-12,38H,1,6-7,10,13-34H2,2-4H3,(H,44,54)(H,47,53). The second kappa shape index (κ2) is 35.1. The van der Waals surface area contributed by atoms with E-state index in [9.17, 15) is 9.59 Å². The van der Waals surface area contributed by atoms with Gasteiger partial charge in [-0.1, -0.05) is 48.4 Å². The molecule has 0 aliphatic carbocycles. The maximum Gasteiger partial charge on any atom is 0.273 e. The highest BCUT2D eigenvalue weighted by Crippen LogP contribution is 2.24. The summed E-state index contributed by atoms with van der Waals surface area (Å²) in [6, 6.07) is 6.42. The molecular formula is C41H69N11O10. The highest BCUT2D eigenvalue weighted by Gasteiger charge is 2.37. The number of benzene rings is 1. The summed E-state index contributed by atoms with van der Waals surface area (Å²) < 4.78 is 46.5. The number of aromatic nitrogens is 2. The van der Waals surface area contributed by atoms with E-state index in [0.717, 1.165) is 18.4 Å². The van der Waals surface area contributed by atoms with Gasteiger partial charge in [0.15, 0.2) is 5.69 Å². The van der Waals surface area contributed by atoms with Gasteiger partial charge in [-0.25, -0.2) is 0 Å². The first-order chi connectivity index (χ1) is 30.3. The third kappa shape index (κ3) is 23.7. The Morgan fingerprint density at radius 2 is 1.34 bits per heavy atom. The largest absolute Gasteiger partial charge is 0.379 e. The quantitative estimate of drug-likeness (QED) is 0.0312. The van der Waals surface area contributed by atoms with E-state index in [1.165, 1.54) is 0 Å². The molecule has 1 aromatic carbocycles. The highest BCUT2D eigenvalue weighted by molar-refractivity contribution is 6.06. The first-order valence-electron chi connectivity index (χ1n) is 21.3. The van der Waals surface area contributed by atoms with Crippen LogP contribution in [0.5, 0.6) is 0 Å². The van der Waals surface area contributed by atoms with Crippen molar-refractivity contribution in [1.82, 2.24) is 25.3 Å². The molecule has 2 rings (SSSR count). The Labute approximate surface area is 365 Å². The number of unbranched alkanes of at least 4 members (excludes halogenated alkanes) is 1. The first-order valence-corrected chi connectivity index (χ1v) is 21.3. The Hall–Kier alpha value is -4.37. The van der Waals surface area contributed by atoms with Gasteiger partial charge in [0.25, 0.3) is 5.91 Å². The summed E-state index contributed by atoms with van der Waals surface area (Å²) in [5.74, 6) is -0.946. The molecule has 0 spiro atoms. The third-order valence-corrected chi connectivity index (χ3v) is 9.18. The molecule has 21 nitrogen and oxygen atoms in total. The van der Waals surface area contributed by atoms with Gasteiger partial charge in [-0.05, 0) is 42.3 Å². The number of fused-ring (bicyclic) bond motifs is 1. The number of nitrogens with one attached hydrogen (secondary N) is 2. The number of ether oxygens (including phenoxy) is 8. The number of azide groups is 2. The lowest BCUT2D eigenvalue weighted by molar-refractivity contribution is -0.125. The fraction of sp³-hybridized carbons (Fsp3) is 0.732. The molecule has 62 heavy (non-hydrogen) atoms. The summed E-state index contributed by atoms with van der Waals surface area (Å²) in [7, 11) is 0. The Bertz CT molecular complexity index is 1620. The van der Waals surface area contributed by atoms with E-state index in [0.29, 0.717) is 137 Å². The SMILES string of the molecule is C=CCCCn1nc(C(=O)NC(C(=O)NCCOCCOCCN(CCOCCOCCOCC)CCOCCOCCOCCN=[N+]=[N-])C(C)(C)CN=[N+]=[N-])c2ccccc21. The third-order valence-electron chi connectivity index (χ3n) is 9.18. The molecule has 348 valence electrons. The smallest absolute Gasteiger partial charge is 0.273 e. The number of rotatable bonds is 41. The van der Waals surface area contributed by atoms with Crippen LogP contribution in [0.3, 0.4) is 0 Å².